The normalized spacial score (nSPS) is 15.9. The lowest BCUT2D eigenvalue weighted by atomic mass is 10.3. The maximum absolute atomic E-state index is 11.0. The Labute approximate surface area is 75.6 Å². The molecule has 2 N–H and O–H groups in total. The van der Waals surface area contributed by atoms with Gasteiger partial charge in [-0.05, 0) is 6.42 Å². The van der Waals surface area contributed by atoms with Gasteiger partial charge in [0.05, 0.1) is 0 Å². The summed E-state index contributed by atoms with van der Waals surface area (Å²) in [6.07, 6.45) is 3.53. The van der Waals surface area contributed by atoms with Crippen LogP contribution in [0.4, 0.5) is 5.82 Å². The lowest BCUT2D eigenvalue weighted by Gasteiger charge is -2.13. The molecule has 1 aliphatic rings. The second-order valence-corrected chi connectivity index (χ2v) is 4.21. The summed E-state index contributed by atoms with van der Waals surface area (Å²) in [5, 5.41) is 4.99. The molecule has 0 aromatic carbocycles. The summed E-state index contributed by atoms with van der Waals surface area (Å²) in [5.74, 6) is 0.400. The van der Waals surface area contributed by atoms with Gasteiger partial charge in [0.15, 0.2) is 0 Å². The van der Waals surface area contributed by atoms with Gasteiger partial charge >= 0.3 is 0 Å². The summed E-state index contributed by atoms with van der Waals surface area (Å²) >= 11 is 0. The Bertz CT molecular complexity index is 430. The zero-order chi connectivity index (χ0) is 9.47. The molecule has 0 fully saturated rings. The number of nitrogens with zero attached hydrogens (tertiary/aromatic N) is 3. The van der Waals surface area contributed by atoms with Crippen LogP contribution in [0.5, 0.6) is 0 Å². The van der Waals surface area contributed by atoms with Gasteiger partial charge in [-0.15, -0.1) is 0 Å². The van der Waals surface area contributed by atoms with Crippen LogP contribution in [0.1, 0.15) is 5.56 Å². The van der Waals surface area contributed by atoms with Crippen LogP contribution in [0.15, 0.2) is 12.5 Å². The summed E-state index contributed by atoms with van der Waals surface area (Å²) in [4.78, 5) is 7.66. The molecule has 2 heterocycles. The molecule has 0 spiro atoms. The summed E-state index contributed by atoms with van der Waals surface area (Å²) in [7, 11) is -3.67. The van der Waals surface area contributed by atoms with E-state index in [1.807, 2.05) is 0 Å². The number of rotatable bonds is 1. The summed E-state index contributed by atoms with van der Waals surface area (Å²) in [6, 6.07) is 0. The second-order valence-electron chi connectivity index (χ2n) is 2.74. The van der Waals surface area contributed by atoms with Crippen molar-refractivity contribution >= 4 is 16.0 Å². The molecule has 0 saturated carbocycles. The lowest BCUT2D eigenvalue weighted by Crippen LogP contribution is -2.35. The highest BCUT2D eigenvalue weighted by Gasteiger charge is 2.27. The van der Waals surface area contributed by atoms with Crippen LogP contribution < -0.4 is 9.44 Å². The summed E-state index contributed by atoms with van der Waals surface area (Å²) < 4.78 is 23.2. The fourth-order valence-corrected chi connectivity index (χ4v) is 2.08. The van der Waals surface area contributed by atoms with Gasteiger partial charge < -0.3 is 0 Å². The van der Waals surface area contributed by atoms with Crippen LogP contribution in [0, 0.1) is 0 Å². The zero-order valence-electron chi connectivity index (χ0n) is 6.71. The van der Waals surface area contributed by atoms with Crippen molar-refractivity contribution in [3.63, 3.8) is 0 Å². The van der Waals surface area contributed by atoms with E-state index in [0.717, 1.165) is 9.87 Å². The van der Waals surface area contributed by atoms with Crippen molar-refractivity contribution in [2.75, 3.05) is 10.8 Å². The quantitative estimate of drug-likeness (QED) is 0.632. The Morgan fingerprint density at radius 2 is 2.31 bits per heavy atom. The minimum Gasteiger partial charge on any atom is -0.244 e. The number of aromatic nitrogens is 2. The molecule has 0 radical (unpaired) electrons. The Morgan fingerprint density at radius 1 is 1.54 bits per heavy atom. The second kappa shape index (κ2) is 2.64. The summed E-state index contributed by atoms with van der Waals surface area (Å²) in [5.41, 5.74) is 0.816. The van der Waals surface area contributed by atoms with Gasteiger partial charge in [-0.3, -0.25) is 0 Å². The van der Waals surface area contributed by atoms with Crippen molar-refractivity contribution in [2.45, 2.75) is 6.42 Å². The molecule has 0 aliphatic carbocycles. The molecule has 70 valence electrons. The highest BCUT2D eigenvalue weighted by atomic mass is 32.2. The fraction of sp³-hybridized carbons (Fsp3) is 0.333. The van der Waals surface area contributed by atoms with Gasteiger partial charge in [0.2, 0.25) is 0 Å². The minimum atomic E-state index is -3.67. The van der Waals surface area contributed by atoms with Gasteiger partial charge in [0.1, 0.15) is 12.1 Å². The lowest BCUT2D eigenvalue weighted by molar-refractivity contribution is 0.593. The van der Waals surface area contributed by atoms with Crippen molar-refractivity contribution in [1.29, 1.82) is 0 Å². The van der Waals surface area contributed by atoms with Crippen LogP contribution in [0.25, 0.3) is 0 Å². The SMILES string of the molecule is NS(=O)(=O)N1CCc2cncnc21. The Morgan fingerprint density at radius 3 is 3.00 bits per heavy atom. The maximum Gasteiger partial charge on any atom is 0.300 e. The van der Waals surface area contributed by atoms with Gasteiger partial charge in [0, 0.05) is 18.3 Å². The maximum atomic E-state index is 11.0. The standard InChI is InChI=1S/C6H8N4O2S/c7-13(11,12)10-2-1-5-3-8-4-9-6(5)10/h3-4H,1-2H2,(H2,7,11,12). The van der Waals surface area contributed by atoms with Gasteiger partial charge in [-0.1, -0.05) is 0 Å². The Hall–Kier alpha value is -1.21. The van der Waals surface area contributed by atoms with Crippen LogP contribution in [0.3, 0.4) is 0 Å². The van der Waals surface area contributed by atoms with Crippen molar-refractivity contribution in [2.24, 2.45) is 5.14 Å². The molecule has 6 nitrogen and oxygen atoms in total. The fourth-order valence-electron chi connectivity index (χ4n) is 1.33. The van der Waals surface area contributed by atoms with Gasteiger partial charge in [-0.25, -0.2) is 19.4 Å². The average Bonchev–Trinajstić information content (AvgIpc) is 2.45. The van der Waals surface area contributed by atoms with E-state index >= 15 is 0 Å². The smallest absolute Gasteiger partial charge is 0.244 e. The molecule has 1 aromatic rings. The number of fused-ring (bicyclic) bond motifs is 1. The molecular weight excluding hydrogens is 192 g/mol. The number of anilines is 1. The van der Waals surface area contributed by atoms with E-state index in [0.29, 0.717) is 18.8 Å². The molecule has 0 amide bonds. The van der Waals surface area contributed by atoms with E-state index in [2.05, 4.69) is 9.97 Å². The third-order valence-corrected chi connectivity index (χ3v) is 2.86. The van der Waals surface area contributed by atoms with Crippen LogP contribution in [-0.4, -0.2) is 24.9 Å². The van der Waals surface area contributed by atoms with E-state index in [4.69, 9.17) is 5.14 Å². The van der Waals surface area contributed by atoms with Crippen molar-refractivity contribution in [1.82, 2.24) is 9.97 Å². The molecule has 1 aliphatic heterocycles. The Balaban J connectivity index is 2.51. The first-order chi connectivity index (χ1) is 6.09. The first-order valence-corrected chi connectivity index (χ1v) is 5.19. The molecule has 1 aromatic heterocycles. The molecule has 13 heavy (non-hydrogen) atoms. The van der Waals surface area contributed by atoms with Crippen molar-refractivity contribution < 1.29 is 8.42 Å². The zero-order valence-corrected chi connectivity index (χ0v) is 7.53. The third kappa shape index (κ3) is 1.36. The Kier molecular flexibility index (Phi) is 1.70. The highest BCUT2D eigenvalue weighted by molar-refractivity contribution is 7.90. The van der Waals surface area contributed by atoms with Crippen molar-refractivity contribution in [3.8, 4) is 0 Å². The first-order valence-electron chi connectivity index (χ1n) is 3.68. The molecule has 0 atom stereocenters. The molecule has 7 heteroatoms. The average molecular weight is 200 g/mol. The number of nitrogens with two attached hydrogens (primary N) is 1. The third-order valence-electron chi connectivity index (χ3n) is 1.89. The van der Waals surface area contributed by atoms with Gasteiger partial charge in [0.25, 0.3) is 10.2 Å². The van der Waals surface area contributed by atoms with E-state index < -0.39 is 10.2 Å². The van der Waals surface area contributed by atoms with Crippen LogP contribution >= 0.6 is 0 Å². The van der Waals surface area contributed by atoms with Crippen LogP contribution in [-0.2, 0) is 16.6 Å². The topological polar surface area (TPSA) is 89.2 Å². The predicted octanol–water partition coefficient (Wildman–Crippen LogP) is -0.957. The van der Waals surface area contributed by atoms with E-state index in [-0.39, 0.29) is 0 Å². The largest absolute Gasteiger partial charge is 0.300 e. The molecule has 0 unspecified atom stereocenters. The molecule has 2 rings (SSSR count). The van der Waals surface area contributed by atoms with Crippen molar-refractivity contribution in [3.05, 3.63) is 18.1 Å². The molecular formula is C6H8N4O2S. The van der Waals surface area contributed by atoms with E-state index in [9.17, 15) is 8.42 Å². The predicted molar refractivity (Wildman–Crippen MR) is 46.2 cm³/mol. The minimum absolute atomic E-state index is 0.354. The first kappa shape index (κ1) is 8.39. The monoisotopic (exact) mass is 200 g/mol. The van der Waals surface area contributed by atoms with Crippen LogP contribution in [0.2, 0.25) is 0 Å². The number of hydrogen-bond acceptors (Lipinski definition) is 4. The summed E-state index contributed by atoms with van der Waals surface area (Å²) in [6.45, 7) is 0.354. The van der Waals surface area contributed by atoms with Gasteiger partial charge in [-0.2, -0.15) is 8.42 Å². The molecule has 0 bridgehead atoms. The molecule has 0 saturated heterocycles. The van der Waals surface area contributed by atoms with E-state index in [1.54, 1.807) is 6.20 Å². The van der Waals surface area contributed by atoms with E-state index in [1.165, 1.54) is 6.33 Å². The number of hydrogen-bond donors (Lipinski definition) is 1. The highest BCUT2D eigenvalue weighted by Crippen LogP contribution is 2.24.